The Bertz CT molecular complexity index is 1190. The normalized spacial score (nSPS) is 37.9. The number of alkyl halides is 2. The van der Waals surface area contributed by atoms with Crippen LogP contribution in [0.15, 0.2) is 0 Å². The first kappa shape index (κ1) is 31.9. The maximum absolute atomic E-state index is 13.9. The molecule has 4 aliphatic rings. The van der Waals surface area contributed by atoms with Crippen molar-refractivity contribution in [3.8, 4) is 0 Å². The molecule has 0 aromatic carbocycles. The fourth-order valence-electron chi connectivity index (χ4n) is 8.77. The van der Waals surface area contributed by atoms with Gasteiger partial charge in [0.25, 0.3) is 0 Å². The highest BCUT2D eigenvalue weighted by atomic mass is 32.2. The summed E-state index contributed by atoms with van der Waals surface area (Å²) < 4.78 is 66.6. The van der Waals surface area contributed by atoms with Crippen molar-refractivity contribution in [3.63, 3.8) is 0 Å². The molecule has 1 N–H and O–H groups in total. The summed E-state index contributed by atoms with van der Waals surface area (Å²) in [5.74, 6) is -2.69. The molecule has 4 fully saturated rings. The van der Waals surface area contributed by atoms with E-state index in [4.69, 9.17) is 4.74 Å². The maximum atomic E-state index is 13.9. The molecular weight excluding hydrogens is 566 g/mol. The summed E-state index contributed by atoms with van der Waals surface area (Å²) in [7, 11) is -6.23. The van der Waals surface area contributed by atoms with Crippen molar-refractivity contribution in [1.29, 1.82) is 0 Å². The second kappa shape index (κ2) is 11.3. The van der Waals surface area contributed by atoms with Crippen LogP contribution in [0.2, 0.25) is 0 Å². The second-order valence-electron chi connectivity index (χ2n) is 13.0. The molecule has 4 aliphatic carbocycles. The zero-order valence-corrected chi connectivity index (χ0v) is 24.4. The molecule has 1 unspecified atom stereocenters. The third-order valence-electron chi connectivity index (χ3n) is 11.1. The van der Waals surface area contributed by atoms with Crippen LogP contribution in [-0.4, -0.2) is 66.2 Å². The summed E-state index contributed by atoms with van der Waals surface area (Å²) in [5, 5.41) is 6.08. The van der Waals surface area contributed by atoms with Gasteiger partial charge < -0.3 is 19.1 Å². The number of carbonyl (C=O) groups is 4. The van der Waals surface area contributed by atoms with Gasteiger partial charge in [-0.15, -0.1) is 0 Å². The SMILES string of the molecule is C[C@H](CCC(=O)OCCOC(=O)C(F)(F)S(=O)(=O)[O-])[C@H]1CC[C@H]2[C@@H]3C(O)C[C@@H]4CC(=O)CC[C@]4(C)[C@H]3CC(=O)[C@]12C. The highest BCUT2D eigenvalue weighted by Gasteiger charge is 2.66. The lowest BCUT2D eigenvalue weighted by atomic mass is 9.43. The molecule has 0 heterocycles. The van der Waals surface area contributed by atoms with E-state index >= 15 is 0 Å². The molecule has 0 radical (unpaired) electrons. The fourth-order valence-corrected chi connectivity index (χ4v) is 9.03. The number of carbonyl (C=O) groups excluding carboxylic acids is 4. The Balaban J connectivity index is 1.32. The molecule has 4 saturated carbocycles. The van der Waals surface area contributed by atoms with Crippen LogP contribution in [0.4, 0.5) is 8.78 Å². The van der Waals surface area contributed by atoms with E-state index in [0.29, 0.717) is 32.1 Å². The summed E-state index contributed by atoms with van der Waals surface area (Å²) in [5.41, 5.74) is -0.782. The summed E-state index contributed by atoms with van der Waals surface area (Å²) >= 11 is 0. The molecule has 232 valence electrons. The lowest BCUT2D eigenvalue weighted by Crippen LogP contribution is -2.61. The number of aliphatic hydroxyl groups excluding tert-OH is 1. The second-order valence-corrected chi connectivity index (χ2v) is 14.4. The van der Waals surface area contributed by atoms with Gasteiger partial charge in [-0.25, -0.2) is 13.2 Å². The topological polar surface area (TPSA) is 164 Å². The van der Waals surface area contributed by atoms with Gasteiger partial charge in [0.1, 0.15) is 24.8 Å². The third-order valence-corrected chi connectivity index (χ3v) is 11.8. The van der Waals surface area contributed by atoms with Gasteiger partial charge in [-0.2, -0.15) is 8.78 Å². The molecule has 0 aliphatic heterocycles. The van der Waals surface area contributed by atoms with Crippen molar-refractivity contribution in [3.05, 3.63) is 0 Å². The van der Waals surface area contributed by atoms with Gasteiger partial charge in [0, 0.05) is 31.1 Å². The van der Waals surface area contributed by atoms with Crippen LogP contribution < -0.4 is 0 Å². The summed E-state index contributed by atoms with van der Waals surface area (Å²) in [6, 6.07) is 0. The molecule has 0 saturated heterocycles. The van der Waals surface area contributed by atoms with Crippen molar-refractivity contribution in [1.82, 2.24) is 0 Å². The first-order valence-corrected chi connectivity index (χ1v) is 15.7. The molecule has 0 spiro atoms. The van der Waals surface area contributed by atoms with Crippen LogP contribution in [0, 0.1) is 46.3 Å². The highest BCUT2D eigenvalue weighted by molar-refractivity contribution is 7.87. The molecule has 0 aromatic heterocycles. The Morgan fingerprint density at radius 1 is 1.12 bits per heavy atom. The van der Waals surface area contributed by atoms with Crippen molar-refractivity contribution >= 4 is 33.6 Å². The van der Waals surface area contributed by atoms with Crippen LogP contribution in [0.25, 0.3) is 0 Å². The van der Waals surface area contributed by atoms with Gasteiger partial charge in [-0.3, -0.25) is 14.4 Å². The number of aliphatic hydroxyl groups is 1. The van der Waals surface area contributed by atoms with Crippen molar-refractivity contribution < 1.29 is 55.5 Å². The van der Waals surface area contributed by atoms with Crippen LogP contribution in [0.1, 0.15) is 78.6 Å². The van der Waals surface area contributed by atoms with Gasteiger partial charge in [0.05, 0.1) is 6.10 Å². The molecular formula is C28H39F2O10S-. The first-order chi connectivity index (χ1) is 18.9. The van der Waals surface area contributed by atoms with E-state index in [1.807, 2.05) is 13.8 Å². The van der Waals surface area contributed by atoms with E-state index in [1.165, 1.54) is 0 Å². The average Bonchev–Trinajstić information content (AvgIpc) is 3.24. The lowest BCUT2D eigenvalue weighted by molar-refractivity contribution is -0.177. The third kappa shape index (κ3) is 5.58. The van der Waals surface area contributed by atoms with Gasteiger partial charge >= 0.3 is 17.2 Å². The number of fused-ring (bicyclic) bond motifs is 5. The van der Waals surface area contributed by atoms with Crippen LogP contribution >= 0.6 is 0 Å². The van der Waals surface area contributed by atoms with Gasteiger partial charge in [-0.05, 0) is 73.0 Å². The Morgan fingerprint density at radius 3 is 2.44 bits per heavy atom. The minimum absolute atomic E-state index is 0.00311. The molecule has 4 rings (SSSR count). The quantitative estimate of drug-likeness (QED) is 0.235. The van der Waals surface area contributed by atoms with Crippen molar-refractivity contribution in [2.45, 2.75) is 89.9 Å². The van der Waals surface area contributed by atoms with Gasteiger partial charge in [0.15, 0.2) is 10.1 Å². The minimum atomic E-state index is -6.23. The number of halogens is 2. The fraction of sp³-hybridized carbons (Fsp3) is 0.857. The van der Waals surface area contributed by atoms with E-state index in [2.05, 4.69) is 11.7 Å². The first-order valence-electron chi connectivity index (χ1n) is 14.3. The molecule has 41 heavy (non-hydrogen) atoms. The number of rotatable bonds is 9. The number of hydrogen-bond acceptors (Lipinski definition) is 10. The van der Waals surface area contributed by atoms with Gasteiger partial charge in [0.2, 0.25) is 0 Å². The van der Waals surface area contributed by atoms with Crippen molar-refractivity contribution in [2.75, 3.05) is 13.2 Å². The Hall–Kier alpha value is -1.99. The monoisotopic (exact) mass is 605 g/mol. The number of hydrogen-bond donors (Lipinski definition) is 1. The molecule has 0 aromatic rings. The van der Waals surface area contributed by atoms with E-state index in [1.54, 1.807) is 0 Å². The molecule has 13 heteroatoms. The predicted octanol–water partition coefficient (Wildman–Crippen LogP) is 3.00. The maximum Gasteiger partial charge on any atom is 0.428 e. The Morgan fingerprint density at radius 2 is 1.78 bits per heavy atom. The number of esters is 2. The standard InChI is InChI=1S/C28H40F2O10S/c1-15(4-7-23(34)39-10-11-40-25(35)28(29,30)41(36,37)38)18-5-6-19-24-20(14-22(33)27(18,19)3)26(2)9-8-17(31)12-16(26)13-21(24)32/h15-16,18-21,24,32H,4-14H2,1-3H3,(H,36,37,38)/p-1/t15-,16+,18-,19+,20+,21?,24+,26+,27-/m1/s1. The Kier molecular flexibility index (Phi) is 8.77. The van der Waals surface area contributed by atoms with E-state index in [-0.39, 0.29) is 58.9 Å². The molecule has 9 atom stereocenters. The number of Topliss-reactive ketones (excluding diaryl/α,β-unsaturated/α-hetero) is 2. The van der Waals surface area contributed by atoms with E-state index < -0.39 is 52.0 Å². The minimum Gasteiger partial charge on any atom is -0.743 e. The van der Waals surface area contributed by atoms with Crippen LogP contribution in [0.3, 0.4) is 0 Å². The summed E-state index contributed by atoms with van der Waals surface area (Å²) in [6.45, 7) is 4.73. The average molecular weight is 606 g/mol. The zero-order chi connectivity index (χ0) is 30.5. The zero-order valence-electron chi connectivity index (χ0n) is 23.6. The van der Waals surface area contributed by atoms with Gasteiger partial charge in [-0.1, -0.05) is 20.8 Å². The number of ether oxygens (including phenoxy) is 2. The van der Waals surface area contributed by atoms with Crippen LogP contribution in [-0.2, 0) is 38.8 Å². The van der Waals surface area contributed by atoms with Crippen molar-refractivity contribution in [2.24, 2.45) is 46.3 Å². The Labute approximate surface area is 238 Å². The number of ketones is 2. The smallest absolute Gasteiger partial charge is 0.428 e. The summed E-state index contributed by atoms with van der Waals surface area (Å²) in [4.78, 5) is 49.4. The largest absolute Gasteiger partial charge is 0.743 e. The van der Waals surface area contributed by atoms with E-state index in [0.717, 1.165) is 19.3 Å². The summed E-state index contributed by atoms with van der Waals surface area (Å²) in [6.07, 6.45) is 4.09. The van der Waals surface area contributed by atoms with Crippen LogP contribution in [0.5, 0.6) is 0 Å². The van der Waals surface area contributed by atoms with E-state index in [9.17, 15) is 46.0 Å². The predicted molar refractivity (Wildman–Crippen MR) is 137 cm³/mol. The molecule has 0 amide bonds. The lowest BCUT2D eigenvalue weighted by Gasteiger charge is -2.61. The highest BCUT2D eigenvalue weighted by Crippen LogP contribution is 2.67. The molecule has 10 nitrogen and oxygen atoms in total. The molecule has 0 bridgehead atoms.